The van der Waals surface area contributed by atoms with Crippen LogP contribution in [0.1, 0.15) is 24.0 Å². The molecule has 1 aliphatic heterocycles. The summed E-state index contributed by atoms with van der Waals surface area (Å²) in [4.78, 5) is 25.4. The van der Waals surface area contributed by atoms with E-state index >= 15 is 0 Å². The van der Waals surface area contributed by atoms with Gasteiger partial charge in [0.05, 0.1) is 10.3 Å². The lowest BCUT2D eigenvalue weighted by molar-refractivity contribution is -0.155. The molecule has 0 saturated carbocycles. The zero-order chi connectivity index (χ0) is 26.6. The smallest absolute Gasteiger partial charge is 0.317 e. The largest absolute Gasteiger partial charge is 0.455 e. The van der Waals surface area contributed by atoms with Crippen LogP contribution in [0, 0.1) is 18.6 Å². The Balaban J connectivity index is 1.49. The highest BCUT2D eigenvalue weighted by molar-refractivity contribution is 7.89. The van der Waals surface area contributed by atoms with E-state index in [0.29, 0.717) is 17.3 Å². The summed E-state index contributed by atoms with van der Waals surface area (Å²) in [5.74, 6) is -3.54. The summed E-state index contributed by atoms with van der Waals surface area (Å²) in [6, 6.07) is 18.4. The third kappa shape index (κ3) is 5.70. The molecule has 0 aliphatic carbocycles. The summed E-state index contributed by atoms with van der Waals surface area (Å²) >= 11 is 0. The number of piperidine rings is 1. The monoisotopic (exact) mass is 528 g/mol. The molecule has 3 aromatic rings. The van der Waals surface area contributed by atoms with Crippen LogP contribution in [0.15, 0.2) is 77.7 Å². The molecule has 0 atom stereocenters. The van der Waals surface area contributed by atoms with E-state index in [9.17, 15) is 26.8 Å². The Labute approximate surface area is 214 Å². The minimum absolute atomic E-state index is 0.0547. The Morgan fingerprint density at radius 2 is 1.59 bits per heavy atom. The van der Waals surface area contributed by atoms with Crippen molar-refractivity contribution >= 4 is 27.6 Å². The molecule has 0 unspecified atom stereocenters. The fraction of sp³-hybridized carbons (Fsp3) is 0.259. The number of nitrogens with one attached hydrogen (secondary N) is 1. The van der Waals surface area contributed by atoms with Gasteiger partial charge in [-0.15, -0.1) is 0 Å². The Morgan fingerprint density at radius 1 is 0.946 bits per heavy atom. The van der Waals surface area contributed by atoms with E-state index < -0.39 is 45.6 Å². The van der Waals surface area contributed by atoms with Crippen LogP contribution < -0.4 is 5.32 Å². The van der Waals surface area contributed by atoms with Gasteiger partial charge in [-0.3, -0.25) is 9.59 Å². The first-order valence-electron chi connectivity index (χ1n) is 11.7. The number of esters is 1. The van der Waals surface area contributed by atoms with Crippen LogP contribution in [0.5, 0.6) is 0 Å². The number of halogens is 2. The van der Waals surface area contributed by atoms with Gasteiger partial charge < -0.3 is 10.1 Å². The van der Waals surface area contributed by atoms with Gasteiger partial charge in [0.25, 0.3) is 5.91 Å². The van der Waals surface area contributed by atoms with Gasteiger partial charge in [0.1, 0.15) is 0 Å². The predicted octanol–water partition coefficient (Wildman–Crippen LogP) is 4.18. The number of carbonyl (C=O) groups excluding carboxylic acids is 2. The first-order chi connectivity index (χ1) is 17.6. The van der Waals surface area contributed by atoms with Crippen LogP contribution in [0.25, 0.3) is 0 Å². The first kappa shape index (κ1) is 26.4. The maximum absolute atomic E-state index is 13.7. The van der Waals surface area contributed by atoms with Crippen LogP contribution >= 0.6 is 0 Å². The van der Waals surface area contributed by atoms with Crippen molar-refractivity contribution in [3.8, 4) is 0 Å². The van der Waals surface area contributed by atoms with E-state index in [2.05, 4.69) is 5.32 Å². The molecule has 1 N–H and O–H groups in total. The number of amides is 1. The SMILES string of the molecule is Cc1ccc(NC(=O)COC(=O)C2(c3ccccc3)CCN(S(=O)(=O)c3ccc(F)c(F)c3)CC2)cc1. The van der Waals surface area contributed by atoms with Gasteiger partial charge in [0, 0.05) is 18.8 Å². The number of rotatable bonds is 7. The minimum Gasteiger partial charge on any atom is -0.455 e. The maximum Gasteiger partial charge on any atom is 0.317 e. The van der Waals surface area contributed by atoms with Gasteiger partial charge in [0.15, 0.2) is 18.2 Å². The zero-order valence-corrected chi connectivity index (χ0v) is 20.9. The van der Waals surface area contributed by atoms with Crippen molar-refractivity contribution in [1.82, 2.24) is 4.31 Å². The molecule has 0 spiro atoms. The number of hydrogen-bond donors (Lipinski definition) is 1. The molecule has 37 heavy (non-hydrogen) atoms. The van der Waals surface area contributed by atoms with Gasteiger partial charge in [-0.1, -0.05) is 48.0 Å². The summed E-state index contributed by atoms with van der Waals surface area (Å²) in [7, 11) is -4.11. The highest BCUT2D eigenvalue weighted by atomic mass is 32.2. The van der Waals surface area contributed by atoms with Crippen molar-refractivity contribution < 1.29 is 31.5 Å². The van der Waals surface area contributed by atoms with E-state index in [1.54, 1.807) is 42.5 Å². The van der Waals surface area contributed by atoms with E-state index in [-0.39, 0.29) is 30.8 Å². The molecular formula is C27H26F2N2O5S. The third-order valence-electron chi connectivity index (χ3n) is 6.49. The van der Waals surface area contributed by atoms with Crippen LogP contribution in [-0.2, 0) is 29.8 Å². The Morgan fingerprint density at radius 3 is 2.22 bits per heavy atom. The minimum atomic E-state index is -4.11. The maximum atomic E-state index is 13.7. The molecule has 1 fully saturated rings. The summed E-state index contributed by atoms with van der Waals surface area (Å²) in [5, 5.41) is 2.67. The molecule has 0 bridgehead atoms. The molecule has 7 nitrogen and oxygen atoms in total. The van der Waals surface area contributed by atoms with Crippen molar-refractivity contribution in [1.29, 1.82) is 0 Å². The molecule has 1 heterocycles. The normalized spacial score (nSPS) is 15.6. The van der Waals surface area contributed by atoms with Gasteiger partial charge in [-0.2, -0.15) is 4.31 Å². The van der Waals surface area contributed by atoms with Crippen LogP contribution in [0.2, 0.25) is 0 Å². The van der Waals surface area contributed by atoms with Crippen LogP contribution in [0.4, 0.5) is 14.5 Å². The molecule has 1 amide bonds. The summed E-state index contributed by atoms with van der Waals surface area (Å²) in [6.45, 7) is 1.31. The van der Waals surface area contributed by atoms with Crippen LogP contribution in [-0.4, -0.2) is 44.3 Å². The second-order valence-electron chi connectivity index (χ2n) is 8.92. The van der Waals surface area contributed by atoms with E-state index in [1.165, 1.54) is 0 Å². The molecule has 0 aromatic heterocycles. The van der Waals surface area contributed by atoms with Crippen molar-refractivity contribution in [2.75, 3.05) is 25.0 Å². The van der Waals surface area contributed by atoms with Crippen LogP contribution in [0.3, 0.4) is 0 Å². The summed E-state index contributed by atoms with van der Waals surface area (Å²) in [5.41, 5.74) is 1.07. The Kier molecular flexibility index (Phi) is 7.70. The Bertz CT molecular complexity index is 1390. The fourth-order valence-electron chi connectivity index (χ4n) is 4.37. The predicted molar refractivity (Wildman–Crippen MR) is 133 cm³/mol. The average Bonchev–Trinajstić information content (AvgIpc) is 2.90. The van der Waals surface area contributed by atoms with Crippen molar-refractivity contribution in [3.05, 3.63) is 95.6 Å². The quantitative estimate of drug-likeness (QED) is 0.465. The van der Waals surface area contributed by atoms with Gasteiger partial charge in [0.2, 0.25) is 10.0 Å². The van der Waals surface area contributed by atoms with Crippen molar-refractivity contribution in [2.45, 2.75) is 30.1 Å². The number of benzene rings is 3. The summed E-state index contributed by atoms with van der Waals surface area (Å²) in [6.07, 6.45) is 0.163. The fourth-order valence-corrected chi connectivity index (χ4v) is 5.82. The van der Waals surface area contributed by atoms with Crippen molar-refractivity contribution in [2.24, 2.45) is 0 Å². The van der Waals surface area contributed by atoms with E-state index in [0.717, 1.165) is 22.0 Å². The lowest BCUT2D eigenvalue weighted by Gasteiger charge is -2.39. The zero-order valence-electron chi connectivity index (χ0n) is 20.1. The highest BCUT2D eigenvalue weighted by Crippen LogP contribution is 2.38. The molecule has 0 radical (unpaired) electrons. The van der Waals surface area contributed by atoms with E-state index in [4.69, 9.17) is 4.74 Å². The second kappa shape index (κ2) is 10.8. The number of anilines is 1. The Hall–Kier alpha value is -3.63. The number of sulfonamides is 1. The first-order valence-corrected chi connectivity index (χ1v) is 13.1. The van der Waals surface area contributed by atoms with Crippen molar-refractivity contribution in [3.63, 3.8) is 0 Å². The number of nitrogens with zero attached hydrogens (tertiary/aromatic N) is 1. The number of ether oxygens (including phenoxy) is 1. The molecule has 4 rings (SSSR count). The molecule has 1 saturated heterocycles. The lowest BCUT2D eigenvalue weighted by atomic mass is 9.73. The topological polar surface area (TPSA) is 92.8 Å². The number of aryl methyl sites for hydroxylation is 1. The average molecular weight is 529 g/mol. The molecule has 10 heteroatoms. The molecular weight excluding hydrogens is 502 g/mol. The van der Waals surface area contributed by atoms with Gasteiger partial charge >= 0.3 is 5.97 Å². The highest BCUT2D eigenvalue weighted by Gasteiger charge is 2.46. The second-order valence-corrected chi connectivity index (χ2v) is 10.9. The molecule has 3 aromatic carbocycles. The van der Waals surface area contributed by atoms with Gasteiger partial charge in [-0.25, -0.2) is 17.2 Å². The third-order valence-corrected chi connectivity index (χ3v) is 8.39. The van der Waals surface area contributed by atoms with Gasteiger partial charge in [-0.05, 0) is 55.7 Å². The number of carbonyl (C=O) groups is 2. The van der Waals surface area contributed by atoms with E-state index in [1.807, 2.05) is 19.1 Å². The lowest BCUT2D eigenvalue weighted by Crippen LogP contribution is -2.50. The standard InChI is InChI=1S/C27H26F2N2O5S/c1-19-7-9-21(10-8-19)30-25(32)18-36-26(33)27(20-5-3-2-4-6-20)13-15-31(16-14-27)37(34,35)22-11-12-23(28)24(29)17-22/h2-12,17H,13-16,18H2,1H3,(H,30,32). The number of hydrogen-bond acceptors (Lipinski definition) is 5. The molecule has 194 valence electrons. The summed E-state index contributed by atoms with van der Waals surface area (Å²) < 4.78 is 59.6. The molecule has 1 aliphatic rings.